The lowest BCUT2D eigenvalue weighted by atomic mass is 10.3. The number of aryl methyl sites for hydroxylation is 1. The Morgan fingerprint density at radius 2 is 2.40 bits per heavy atom. The van der Waals surface area contributed by atoms with Gasteiger partial charge in [-0.15, -0.1) is 0 Å². The average Bonchev–Trinajstić information content (AvgIpc) is 2.59. The van der Waals surface area contributed by atoms with Crippen LogP contribution in [0.4, 0.5) is 0 Å². The highest BCUT2D eigenvalue weighted by Gasteiger charge is 2.01. The van der Waals surface area contributed by atoms with Gasteiger partial charge in [0.15, 0.2) is 0 Å². The molecule has 0 saturated heterocycles. The van der Waals surface area contributed by atoms with E-state index in [9.17, 15) is 4.79 Å². The normalized spacial score (nSPS) is 11.3. The molecule has 0 unspecified atom stereocenters. The molecule has 1 N–H and O–H groups in total. The van der Waals surface area contributed by atoms with Gasteiger partial charge in [-0.2, -0.15) is 0 Å². The average molecular weight is 202 g/mol. The third kappa shape index (κ3) is 1.74. The fourth-order valence-electron chi connectivity index (χ4n) is 1.45. The van der Waals surface area contributed by atoms with Gasteiger partial charge in [0.1, 0.15) is 5.65 Å². The second-order valence-corrected chi connectivity index (χ2v) is 3.24. The number of nitrogens with zero attached hydrogens (tertiary/aromatic N) is 2. The first-order valence-electron chi connectivity index (χ1n) is 4.52. The lowest BCUT2D eigenvalue weighted by Gasteiger charge is -1.98. The molecule has 0 aliphatic carbocycles. The number of hydrogen-bond acceptors (Lipinski definition) is 2. The molecule has 0 aromatic carbocycles. The SMILES string of the molecule is Cc1cccn2c(C=CC(=O)O)cnc12. The Balaban J connectivity index is 2.54. The van der Waals surface area contributed by atoms with E-state index in [2.05, 4.69) is 4.98 Å². The Hall–Kier alpha value is -2.10. The summed E-state index contributed by atoms with van der Waals surface area (Å²) in [7, 11) is 0. The highest BCUT2D eigenvalue weighted by molar-refractivity contribution is 5.85. The summed E-state index contributed by atoms with van der Waals surface area (Å²) in [6, 6.07) is 3.87. The van der Waals surface area contributed by atoms with Crippen LogP contribution in [0, 0.1) is 6.92 Å². The van der Waals surface area contributed by atoms with Crippen LogP contribution in [-0.4, -0.2) is 20.5 Å². The molecule has 0 radical (unpaired) electrons. The molecule has 0 saturated carbocycles. The molecule has 2 aromatic rings. The fourth-order valence-corrected chi connectivity index (χ4v) is 1.45. The highest BCUT2D eigenvalue weighted by atomic mass is 16.4. The maximum Gasteiger partial charge on any atom is 0.328 e. The first kappa shape index (κ1) is 9.45. The van der Waals surface area contributed by atoms with Crippen LogP contribution in [0.2, 0.25) is 0 Å². The molecule has 2 aromatic heterocycles. The zero-order valence-electron chi connectivity index (χ0n) is 8.21. The van der Waals surface area contributed by atoms with Gasteiger partial charge in [0.05, 0.1) is 11.9 Å². The van der Waals surface area contributed by atoms with Crippen LogP contribution >= 0.6 is 0 Å². The number of imidazole rings is 1. The minimum atomic E-state index is -0.961. The first-order valence-corrected chi connectivity index (χ1v) is 4.52. The van der Waals surface area contributed by atoms with Crippen molar-refractivity contribution in [3.63, 3.8) is 0 Å². The Morgan fingerprint density at radius 3 is 3.13 bits per heavy atom. The van der Waals surface area contributed by atoms with Crippen LogP contribution in [0.25, 0.3) is 11.7 Å². The van der Waals surface area contributed by atoms with Gasteiger partial charge in [-0.3, -0.25) is 0 Å². The molecule has 0 atom stereocenters. The van der Waals surface area contributed by atoms with Crippen molar-refractivity contribution in [2.45, 2.75) is 6.92 Å². The van der Waals surface area contributed by atoms with Crippen LogP contribution in [0.15, 0.2) is 30.6 Å². The summed E-state index contributed by atoms with van der Waals surface area (Å²) in [4.78, 5) is 14.6. The van der Waals surface area contributed by atoms with E-state index < -0.39 is 5.97 Å². The van der Waals surface area contributed by atoms with Gasteiger partial charge in [0.25, 0.3) is 0 Å². The summed E-state index contributed by atoms with van der Waals surface area (Å²) in [6.07, 6.45) is 6.15. The van der Waals surface area contributed by atoms with Crippen molar-refractivity contribution < 1.29 is 9.90 Å². The van der Waals surface area contributed by atoms with Crippen molar-refractivity contribution in [1.29, 1.82) is 0 Å². The summed E-state index contributed by atoms with van der Waals surface area (Å²) < 4.78 is 1.86. The third-order valence-electron chi connectivity index (χ3n) is 2.16. The number of pyridine rings is 1. The van der Waals surface area contributed by atoms with E-state index in [1.54, 1.807) is 6.20 Å². The number of carboxylic acids is 1. The van der Waals surface area contributed by atoms with Crippen molar-refractivity contribution in [2.24, 2.45) is 0 Å². The number of carbonyl (C=O) groups is 1. The topological polar surface area (TPSA) is 54.6 Å². The summed E-state index contributed by atoms with van der Waals surface area (Å²) in [5, 5.41) is 8.52. The van der Waals surface area contributed by atoms with Crippen molar-refractivity contribution in [1.82, 2.24) is 9.38 Å². The molecule has 2 heterocycles. The van der Waals surface area contributed by atoms with Gasteiger partial charge in [0.2, 0.25) is 0 Å². The molecule has 0 bridgehead atoms. The number of fused-ring (bicyclic) bond motifs is 1. The molecule has 0 spiro atoms. The van der Waals surface area contributed by atoms with Gasteiger partial charge in [-0.05, 0) is 24.6 Å². The zero-order chi connectivity index (χ0) is 10.8. The number of rotatable bonds is 2. The van der Waals surface area contributed by atoms with Crippen LogP contribution in [0.3, 0.4) is 0 Å². The molecule has 0 aliphatic rings. The molecule has 0 fully saturated rings. The fraction of sp³-hybridized carbons (Fsp3) is 0.0909. The summed E-state index contributed by atoms with van der Waals surface area (Å²) >= 11 is 0. The Morgan fingerprint density at radius 1 is 1.60 bits per heavy atom. The standard InChI is InChI=1S/C11H10N2O2/c1-8-3-2-6-13-9(4-5-10(14)15)7-12-11(8)13/h2-7H,1H3,(H,14,15). The van der Waals surface area contributed by atoms with Crippen LogP contribution in [0.5, 0.6) is 0 Å². The maximum atomic E-state index is 10.4. The third-order valence-corrected chi connectivity index (χ3v) is 2.16. The second kappa shape index (κ2) is 3.57. The molecular formula is C11H10N2O2. The number of aliphatic carboxylic acids is 1. The lowest BCUT2D eigenvalue weighted by Crippen LogP contribution is -1.90. The molecule has 0 amide bonds. The van der Waals surface area contributed by atoms with Crippen molar-refractivity contribution in [2.75, 3.05) is 0 Å². The number of carboxylic acid groups (broad SMARTS) is 1. The van der Waals surface area contributed by atoms with Gasteiger partial charge in [0, 0.05) is 12.3 Å². The monoisotopic (exact) mass is 202 g/mol. The van der Waals surface area contributed by atoms with Gasteiger partial charge >= 0.3 is 5.97 Å². The first-order chi connectivity index (χ1) is 7.18. The van der Waals surface area contributed by atoms with E-state index in [1.807, 2.05) is 29.7 Å². The van der Waals surface area contributed by atoms with Crippen molar-refractivity contribution in [3.8, 4) is 0 Å². The van der Waals surface area contributed by atoms with E-state index in [-0.39, 0.29) is 0 Å². The maximum absolute atomic E-state index is 10.4. The number of hydrogen-bond donors (Lipinski definition) is 1. The summed E-state index contributed by atoms with van der Waals surface area (Å²) in [6.45, 7) is 1.97. The Kier molecular flexibility index (Phi) is 2.25. The highest BCUT2D eigenvalue weighted by Crippen LogP contribution is 2.11. The van der Waals surface area contributed by atoms with Crippen LogP contribution < -0.4 is 0 Å². The molecule has 0 aliphatic heterocycles. The van der Waals surface area contributed by atoms with Crippen LogP contribution in [-0.2, 0) is 4.79 Å². The van der Waals surface area contributed by atoms with Gasteiger partial charge < -0.3 is 9.51 Å². The summed E-state index contributed by atoms with van der Waals surface area (Å²) in [5.74, 6) is -0.961. The second-order valence-electron chi connectivity index (χ2n) is 3.24. The van der Waals surface area contributed by atoms with Crippen molar-refractivity contribution >= 4 is 17.7 Å². The largest absolute Gasteiger partial charge is 0.478 e. The van der Waals surface area contributed by atoms with E-state index in [4.69, 9.17) is 5.11 Å². The molecule has 76 valence electrons. The molecule has 2 rings (SSSR count). The van der Waals surface area contributed by atoms with Crippen molar-refractivity contribution in [3.05, 3.63) is 41.9 Å². The molecule has 4 heteroatoms. The minimum absolute atomic E-state index is 0.760. The zero-order valence-corrected chi connectivity index (χ0v) is 8.21. The van der Waals surface area contributed by atoms with E-state index in [1.165, 1.54) is 6.08 Å². The van der Waals surface area contributed by atoms with Gasteiger partial charge in [-0.25, -0.2) is 9.78 Å². The quantitative estimate of drug-likeness (QED) is 0.754. The van der Waals surface area contributed by atoms with E-state index in [0.717, 1.165) is 23.0 Å². The smallest absolute Gasteiger partial charge is 0.328 e. The predicted molar refractivity (Wildman–Crippen MR) is 56.6 cm³/mol. The lowest BCUT2D eigenvalue weighted by molar-refractivity contribution is -0.131. The van der Waals surface area contributed by atoms with Gasteiger partial charge in [-0.1, -0.05) is 6.07 Å². The molecular weight excluding hydrogens is 192 g/mol. The van der Waals surface area contributed by atoms with Crippen LogP contribution in [0.1, 0.15) is 11.3 Å². The molecule has 15 heavy (non-hydrogen) atoms. The molecule has 4 nitrogen and oxygen atoms in total. The minimum Gasteiger partial charge on any atom is -0.478 e. The predicted octanol–water partition coefficient (Wildman–Crippen LogP) is 1.74. The Bertz CT molecular complexity index is 541. The summed E-state index contributed by atoms with van der Waals surface area (Å²) in [5.41, 5.74) is 2.67. The van der Waals surface area contributed by atoms with E-state index >= 15 is 0 Å². The number of aromatic nitrogens is 2. The van der Waals surface area contributed by atoms with E-state index in [0.29, 0.717) is 0 Å². The Labute approximate surface area is 86.5 Å².